The number of rotatable bonds is 2. The topological polar surface area (TPSA) is 12.5 Å². The normalized spacial score (nSPS) is 28.8. The smallest absolute Gasteiger partial charge is 0.0575 e. The highest BCUT2D eigenvalue weighted by Gasteiger charge is 2.17. The molecule has 0 bridgehead atoms. The Balaban J connectivity index is 2.25. The molecular weight excluding hydrogens is 126 g/mol. The molecule has 0 aromatic carbocycles. The molecule has 2 nitrogen and oxygen atoms in total. The van der Waals surface area contributed by atoms with E-state index in [0.717, 1.165) is 19.0 Å². The van der Waals surface area contributed by atoms with Gasteiger partial charge in [-0.1, -0.05) is 13.3 Å². The number of piperidine rings is 1. The van der Waals surface area contributed by atoms with E-state index in [1.807, 2.05) is 0 Å². The summed E-state index contributed by atoms with van der Waals surface area (Å²) in [6.45, 7) is 4.50. The Bertz CT molecular complexity index is 85.3. The van der Waals surface area contributed by atoms with Crippen LogP contribution in [0.25, 0.3) is 0 Å². The van der Waals surface area contributed by atoms with E-state index in [2.05, 4.69) is 12.0 Å². The minimum absolute atomic E-state index is 0.869. The molecule has 0 N–H and O–H groups in total. The van der Waals surface area contributed by atoms with Crippen LogP contribution in [0.2, 0.25) is 0 Å². The van der Waals surface area contributed by atoms with Crippen LogP contribution in [-0.2, 0) is 4.84 Å². The summed E-state index contributed by atoms with van der Waals surface area (Å²) in [5, 5.41) is 2.07. The van der Waals surface area contributed by atoms with Crippen molar-refractivity contribution >= 4 is 0 Å². The molecule has 1 unspecified atom stereocenters. The zero-order chi connectivity index (χ0) is 7.40. The van der Waals surface area contributed by atoms with Gasteiger partial charge in [-0.2, -0.15) is 5.06 Å². The van der Waals surface area contributed by atoms with Crippen molar-refractivity contribution in [3.63, 3.8) is 0 Å². The third kappa shape index (κ3) is 1.96. The minimum Gasteiger partial charge on any atom is -0.302 e. The molecule has 1 fully saturated rings. The largest absolute Gasteiger partial charge is 0.302 e. The van der Waals surface area contributed by atoms with Gasteiger partial charge in [0.05, 0.1) is 7.11 Å². The highest BCUT2D eigenvalue weighted by Crippen LogP contribution is 2.18. The molecular formula is C8H17NO. The van der Waals surface area contributed by atoms with Gasteiger partial charge in [-0.05, 0) is 18.8 Å². The van der Waals surface area contributed by atoms with Crippen molar-refractivity contribution < 1.29 is 4.84 Å². The molecule has 2 heteroatoms. The second-order valence-corrected chi connectivity index (χ2v) is 2.99. The van der Waals surface area contributed by atoms with E-state index < -0.39 is 0 Å². The Morgan fingerprint density at radius 2 is 2.40 bits per heavy atom. The monoisotopic (exact) mass is 143 g/mol. The molecule has 0 radical (unpaired) electrons. The molecule has 0 aromatic heterocycles. The van der Waals surface area contributed by atoms with E-state index in [1.165, 1.54) is 19.3 Å². The Kier molecular flexibility index (Phi) is 3.16. The average Bonchev–Trinajstić information content (AvgIpc) is 2.05. The number of hydrogen-bond donors (Lipinski definition) is 0. The highest BCUT2D eigenvalue weighted by atomic mass is 16.7. The van der Waals surface area contributed by atoms with Gasteiger partial charge in [-0.25, -0.2) is 0 Å². The molecule has 1 rings (SSSR count). The van der Waals surface area contributed by atoms with Gasteiger partial charge < -0.3 is 4.84 Å². The first-order chi connectivity index (χ1) is 4.86. The molecule has 1 atom stereocenters. The number of hydrogen-bond acceptors (Lipinski definition) is 2. The Labute approximate surface area is 63.1 Å². The lowest BCUT2D eigenvalue weighted by Crippen LogP contribution is -2.34. The van der Waals surface area contributed by atoms with Crippen molar-refractivity contribution in [1.82, 2.24) is 5.06 Å². The molecule has 0 amide bonds. The standard InChI is InChI=1S/C8H17NO/c1-3-8-5-4-6-9(7-8)10-2/h8H,3-7H2,1-2H3. The van der Waals surface area contributed by atoms with Crippen molar-refractivity contribution in [2.75, 3.05) is 20.2 Å². The van der Waals surface area contributed by atoms with Gasteiger partial charge in [0.15, 0.2) is 0 Å². The summed E-state index contributed by atoms with van der Waals surface area (Å²) < 4.78 is 0. The van der Waals surface area contributed by atoms with Crippen LogP contribution in [-0.4, -0.2) is 25.3 Å². The average molecular weight is 143 g/mol. The van der Waals surface area contributed by atoms with E-state index in [4.69, 9.17) is 4.84 Å². The maximum atomic E-state index is 5.16. The molecule has 1 aliphatic heterocycles. The van der Waals surface area contributed by atoms with Gasteiger partial charge >= 0.3 is 0 Å². The van der Waals surface area contributed by atoms with E-state index in [-0.39, 0.29) is 0 Å². The van der Waals surface area contributed by atoms with Gasteiger partial charge in [0.25, 0.3) is 0 Å². The first kappa shape index (κ1) is 8.02. The van der Waals surface area contributed by atoms with Crippen LogP contribution in [0, 0.1) is 5.92 Å². The van der Waals surface area contributed by atoms with Crippen LogP contribution in [0.5, 0.6) is 0 Å². The summed E-state index contributed by atoms with van der Waals surface area (Å²) in [7, 11) is 1.76. The molecule has 10 heavy (non-hydrogen) atoms. The van der Waals surface area contributed by atoms with E-state index in [0.29, 0.717) is 0 Å². The predicted octanol–water partition coefficient (Wildman–Crippen LogP) is 1.67. The number of nitrogens with zero attached hydrogens (tertiary/aromatic N) is 1. The van der Waals surface area contributed by atoms with Crippen LogP contribution >= 0.6 is 0 Å². The second kappa shape index (κ2) is 3.94. The molecule has 1 aliphatic rings. The Morgan fingerprint density at radius 3 is 3.00 bits per heavy atom. The third-order valence-corrected chi connectivity index (χ3v) is 2.32. The fourth-order valence-corrected chi connectivity index (χ4v) is 1.53. The summed E-state index contributed by atoms with van der Waals surface area (Å²) in [6, 6.07) is 0. The molecule has 1 heterocycles. The predicted molar refractivity (Wildman–Crippen MR) is 41.6 cm³/mol. The first-order valence-corrected chi connectivity index (χ1v) is 4.16. The van der Waals surface area contributed by atoms with Gasteiger partial charge in [0, 0.05) is 13.1 Å². The molecule has 0 aliphatic carbocycles. The summed E-state index contributed by atoms with van der Waals surface area (Å²) in [5.74, 6) is 0.869. The maximum Gasteiger partial charge on any atom is 0.0575 e. The lowest BCUT2D eigenvalue weighted by atomic mass is 9.97. The third-order valence-electron chi connectivity index (χ3n) is 2.32. The van der Waals surface area contributed by atoms with Crippen LogP contribution < -0.4 is 0 Å². The SMILES string of the molecule is CCC1CCCN(OC)C1. The lowest BCUT2D eigenvalue weighted by Gasteiger charge is -2.29. The van der Waals surface area contributed by atoms with Crippen molar-refractivity contribution in [2.24, 2.45) is 5.92 Å². The van der Waals surface area contributed by atoms with Gasteiger partial charge in [-0.3, -0.25) is 0 Å². The van der Waals surface area contributed by atoms with Gasteiger partial charge in [-0.15, -0.1) is 0 Å². The van der Waals surface area contributed by atoms with E-state index in [1.54, 1.807) is 7.11 Å². The van der Waals surface area contributed by atoms with Crippen molar-refractivity contribution in [1.29, 1.82) is 0 Å². The summed E-state index contributed by atoms with van der Waals surface area (Å²) >= 11 is 0. The van der Waals surface area contributed by atoms with E-state index >= 15 is 0 Å². The summed E-state index contributed by atoms with van der Waals surface area (Å²) in [4.78, 5) is 5.16. The highest BCUT2D eigenvalue weighted by molar-refractivity contribution is 4.66. The van der Waals surface area contributed by atoms with Crippen LogP contribution in [0.15, 0.2) is 0 Å². The quantitative estimate of drug-likeness (QED) is 0.583. The minimum atomic E-state index is 0.869. The van der Waals surface area contributed by atoms with Crippen LogP contribution in [0.1, 0.15) is 26.2 Å². The zero-order valence-electron chi connectivity index (χ0n) is 6.97. The Hall–Kier alpha value is -0.0800. The lowest BCUT2D eigenvalue weighted by molar-refractivity contribution is -0.152. The summed E-state index contributed by atoms with van der Waals surface area (Å²) in [6.07, 6.45) is 3.97. The van der Waals surface area contributed by atoms with E-state index in [9.17, 15) is 0 Å². The van der Waals surface area contributed by atoms with Crippen molar-refractivity contribution in [3.05, 3.63) is 0 Å². The molecule has 1 saturated heterocycles. The Morgan fingerprint density at radius 1 is 1.60 bits per heavy atom. The van der Waals surface area contributed by atoms with Crippen LogP contribution in [0.3, 0.4) is 0 Å². The fourth-order valence-electron chi connectivity index (χ4n) is 1.53. The second-order valence-electron chi connectivity index (χ2n) is 2.99. The first-order valence-electron chi connectivity index (χ1n) is 4.16. The molecule has 0 aromatic rings. The van der Waals surface area contributed by atoms with Crippen LogP contribution in [0.4, 0.5) is 0 Å². The number of hydroxylamine groups is 2. The van der Waals surface area contributed by atoms with Gasteiger partial charge in [0.2, 0.25) is 0 Å². The van der Waals surface area contributed by atoms with Gasteiger partial charge in [0.1, 0.15) is 0 Å². The molecule has 60 valence electrons. The van der Waals surface area contributed by atoms with Crippen molar-refractivity contribution in [3.8, 4) is 0 Å². The molecule has 0 saturated carbocycles. The zero-order valence-corrected chi connectivity index (χ0v) is 6.97. The summed E-state index contributed by atoms with van der Waals surface area (Å²) in [5.41, 5.74) is 0. The van der Waals surface area contributed by atoms with Crippen molar-refractivity contribution in [2.45, 2.75) is 26.2 Å². The maximum absolute atomic E-state index is 5.16. The molecule has 0 spiro atoms. The fraction of sp³-hybridized carbons (Fsp3) is 1.00.